The molecule has 1 aliphatic rings. The van der Waals surface area contributed by atoms with Crippen molar-refractivity contribution >= 4 is 0 Å². The summed E-state index contributed by atoms with van der Waals surface area (Å²) in [5.74, 6) is 1.70. The van der Waals surface area contributed by atoms with E-state index in [1.807, 2.05) is 0 Å². The Morgan fingerprint density at radius 1 is 1.00 bits per heavy atom. The zero-order valence-electron chi connectivity index (χ0n) is 11.4. The van der Waals surface area contributed by atoms with Crippen molar-refractivity contribution in [1.82, 2.24) is 0 Å². The molecule has 1 heteroatoms. The maximum Gasteiger partial charge on any atom is 0.0352 e. The highest BCUT2D eigenvalue weighted by Crippen LogP contribution is 2.35. The summed E-state index contributed by atoms with van der Waals surface area (Å²) < 4.78 is 0. The molecular weight excluding hydrogens is 206 g/mol. The first-order chi connectivity index (χ1) is 7.97. The average Bonchev–Trinajstić information content (AvgIpc) is 2.29. The van der Waals surface area contributed by atoms with Gasteiger partial charge >= 0.3 is 0 Å². The predicted molar refractivity (Wildman–Crippen MR) is 74.0 cm³/mol. The average molecular weight is 231 g/mol. The van der Waals surface area contributed by atoms with Crippen LogP contribution in [-0.4, -0.2) is 0 Å². The zero-order valence-corrected chi connectivity index (χ0v) is 11.4. The Bertz CT molecular complexity index is 350. The smallest absolute Gasteiger partial charge is 0.0352 e. The van der Waals surface area contributed by atoms with E-state index >= 15 is 0 Å². The van der Waals surface area contributed by atoms with Crippen LogP contribution in [-0.2, 0) is 5.54 Å². The predicted octanol–water partition coefficient (Wildman–Crippen LogP) is 4.17. The van der Waals surface area contributed by atoms with Gasteiger partial charge in [0, 0.05) is 5.54 Å². The lowest BCUT2D eigenvalue weighted by Crippen LogP contribution is -2.28. The maximum absolute atomic E-state index is 6.10. The van der Waals surface area contributed by atoms with Crippen LogP contribution in [0.1, 0.15) is 63.5 Å². The van der Waals surface area contributed by atoms with Gasteiger partial charge in [0.15, 0.2) is 0 Å². The van der Waals surface area contributed by atoms with Gasteiger partial charge < -0.3 is 5.73 Å². The molecule has 1 fully saturated rings. The Hall–Kier alpha value is -0.820. The molecule has 0 spiro atoms. The fourth-order valence-electron chi connectivity index (χ4n) is 2.78. The zero-order chi connectivity index (χ0) is 12.5. The van der Waals surface area contributed by atoms with Crippen LogP contribution in [0.15, 0.2) is 24.3 Å². The summed E-state index contributed by atoms with van der Waals surface area (Å²) in [6, 6.07) is 8.97. The molecule has 0 aliphatic heterocycles. The molecule has 0 bridgehead atoms. The summed E-state index contributed by atoms with van der Waals surface area (Å²) in [4.78, 5) is 0. The van der Waals surface area contributed by atoms with Gasteiger partial charge in [0.25, 0.3) is 0 Å². The van der Waals surface area contributed by atoms with Crippen LogP contribution in [0.3, 0.4) is 0 Å². The minimum Gasteiger partial charge on any atom is -0.322 e. The summed E-state index contributed by atoms with van der Waals surface area (Å²) in [5, 5.41) is 0. The number of hydrogen-bond acceptors (Lipinski definition) is 1. The fraction of sp³-hybridized carbons (Fsp3) is 0.625. The SMILES string of the molecule is CC1CCC(c2ccc(C(C)(C)N)cc2)CC1. The summed E-state index contributed by atoms with van der Waals surface area (Å²) in [6.45, 7) is 6.49. The molecule has 1 aromatic carbocycles. The van der Waals surface area contributed by atoms with Crippen molar-refractivity contribution in [2.24, 2.45) is 11.7 Å². The van der Waals surface area contributed by atoms with Gasteiger partial charge in [0.1, 0.15) is 0 Å². The monoisotopic (exact) mass is 231 g/mol. The van der Waals surface area contributed by atoms with Gasteiger partial charge in [-0.05, 0) is 49.7 Å². The van der Waals surface area contributed by atoms with Crippen LogP contribution >= 0.6 is 0 Å². The molecule has 0 saturated heterocycles. The first-order valence-electron chi connectivity index (χ1n) is 6.86. The lowest BCUT2D eigenvalue weighted by Gasteiger charge is -2.27. The van der Waals surface area contributed by atoms with Crippen LogP contribution in [0.4, 0.5) is 0 Å². The number of nitrogens with two attached hydrogens (primary N) is 1. The molecule has 94 valence electrons. The van der Waals surface area contributed by atoms with Gasteiger partial charge in [-0.15, -0.1) is 0 Å². The molecule has 0 radical (unpaired) electrons. The van der Waals surface area contributed by atoms with E-state index in [-0.39, 0.29) is 5.54 Å². The van der Waals surface area contributed by atoms with E-state index in [0.29, 0.717) is 0 Å². The second-order valence-electron chi connectivity index (χ2n) is 6.30. The van der Waals surface area contributed by atoms with Gasteiger partial charge in [-0.3, -0.25) is 0 Å². The van der Waals surface area contributed by atoms with Crippen molar-refractivity contribution in [3.63, 3.8) is 0 Å². The van der Waals surface area contributed by atoms with Crippen molar-refractivity contribution in [1.29, 1.82) is 0 Å². The van der Waals surface area contributed by atoms with Crippen LogP contribution in [0.5, 0.6) is 0 Å². The first-order valence-corrected chi connectivity index (χ1v) is 6.86. The third kappa shape index (κ3) is 3.10. The quantitative estimate of drug-likeness (QED) is 0.812. The molecular formula is C16H25N. The molecule has 0 unspecified atom stereocenters. The molecule has 1 nitrogen and oxygen atoms in total. The van der Waals surface area contributed by atoms with E-state index in [2.05, 4.69) is 45.0 Å². The van der Waals surface area contributed by atoms with E-state index in [9.17, 15) is 0 Å². The largest absolute Gasteiger partial charge is 0.322 e. The first kappa shape index (κ1) is 12.6. The van der Waals surface area contributed by atoms with Crippen molar-refractivity contribution < 1.29 is 0 Å². The highest BCUT2D eigenvalue weighted by atomic mass is 14.7. The highest BCUT2D eigenvalue weighted by Gasteiger charge is 2.20. The third-order valence-corrected chi connectivity index (χ3v) is 4.14. The Kier molecular flexibility index (Phi) is 3.58. The summed E-state index contributed by atoms with van der Waals surface area (Å²) in [7, 11) is 0. The second-order valence-corrected chi connectivity index (χ2v) is 6.30. The van der Waals surface area contributed by atoms with E-state index in [1.165, 1.54) is 36.8 Å². The summed E-state index contributed by atoms with van der Waals surface area (Å²) in [5.41, 5.74) is 8.61. The van der Waals surface area contributed by atoms with Gasteiger partial charge in [0.2, 0.25) is 0 Å². The second kappa shape index (κ2) is 4.81. The molecule has 2 rings (SSSR count). The lowest BCUT2D eigenvalue weighted by molar-refractivity contribution is 0.348. The van der Waals surface area contributed by atoms with E-state index < -0.39 is 0 Å². The van der Waals surface area contributed by atoms with Crippen molar-refractivity contribution in [2.75, 3.05) is 0 Å². The minimum absolute atomic E-state index is 0.223. The molecule has 1 saturated carbocycles. The molecule has 1 aromatic rings. The Morgan fingerprint density at radius 3 is 2.00 bits per heavy atom. The number of benzene rings is 1. The maximum atomic E-state index is 6.10. The molecule has 0 aromatic heterocycles. The molecule has 1 aliphatic carbocycles. The third-order valence-electron chi connectivity index (χ3n) is 4.14. The molecule has 17 heavy (non-hydrogen) atoms. The molecule has 0 atom stereocenters. The van der Waals surface area contributed by atoms with Crippen LogP contribution in [0.2, 0.25) is 0 Å². The Morgan fingerprint density at radius 2 is 1.53 bits per heavy atom. The minimum atomic E-state index is -0.223. The van der Waals surface area contributed by atoms with Gasteiger partial charge in [-0.25, -0.2) is 0 Å². The van der Waals surface area contributed by atoms with Crippen molar-refractivity contribution in [3.05, 3.63) is 35.4 Å². The standard InChI is InChI=1S/C16H25N/c1-12-4-6-13(7-5-12)14-8-10-15(11-9-14)16(2,3)17/h8-13H,4-7,17H2,1-3H3. The topological polar surface area (TPSA) is 26.0 Å². The van der Waals surface area contributed by atoms with E-state index in [0.717, 1.165) is 11.8 Å². The van der Waals surface area contributed by atoms with Crippen molar-refractivity contribution in [3.8, 4) is 0 Å². The van der Waals surface area contributed by atoms with Crippen LogP contribution in [0.25, 0.3) is 0 Å². The number of rotatable bonds is 2. The van der Waals surface area contributed by atoms with E-state index in [1.54, 1.807) is 0 Å². The lowest BCUT2D eigenvalue weighted by atomic mass is 9.79. The van der Waals surface area contributed by atoms with E-state index in [4.69, 9.17) is 5.73 Å². The van der Waals surface area contributed by atoms with Crippen LogP contribution < -0.4 is 5.73 Å². The van der Waals surface area contributed by atoms with Crippen LogP contribution in [0, 0.1) is 5.92 Å². The van der Waals surface area contributed by atoms with Gasteiger partial charge in [-0.2, -0.15) is 0 Å². The number of hydrogen-bond donors (Lipinski definition) is 1. The Balaban J connectivity index is 2.08. The van der Waals surface area contributed by atoms with Crippen molar-refractivity contribution in [2.45, 2.75) is 57.9 Å². The highest BCUT2D eigenvalue weighted by molar-refractivity contribution is 5.29. The Labute approximate surface area is 105 Å². The molecule has 0 heterocycles. The summed E-state index contributed by atoms with van der Waals surface area (Å²) in [6.07, 6.45) is 5.47. The fourth-order valence-corrected chi connectivity index (χ4v) is 2.78. The molecule has 2 N–H and O–H groups in total. The molecule has 0 amide bonds. The summed E-state index contributed by atoms with van der Waals surface area (Å²) >= 11 is 0. The van der Waals surface area contributed by atoms with Gasteiger partial charge in [-0.1, -0.05) is 44.0 Å². The normalized spacial score (nSPS) is 25.9. The van der Waals surface area contributed by atoms with Gasteiger partial charge in [0.05, 0.1) is 0 Å².